The third-order valence-corrected chi connectivity index (χ3v) is 4.48. The van der Waals surface area contributed by atoms with Crippen LogP contribution in [0.2, 0.25) is 0 Å². The molecule has 0 spiro atoms. The van der Waals surface area contributed by atoms with Gasteiger partial charge >= 0.3 is 0 Å². The first-order valence-electron chi connectivity index (χ1n) is 5.88. The van der Waals surface area contributed by atoms with Crippen molar-refractivity contribution in [2.24, 2.45) is 0 Å². The summed E-state index contributed by atoms with van der Waals surface area (Å²) in [7, 11) is 2.28. The monoisotopic (exact) mass is 196 g/mol. The van der Waals surface area contributed by atoms with E-state index in [0.717, 1.165) is 31.2 Å². The Bertz CT molecular complexity index is 213. The van der Waals surface area contributed by atoms with E-state index in [4.69, 9.17) is 0 Å². The van der Waals surface area contributed by atoms with Gasteiger partial charge < -0.3 is 10.0 Å². The summed E-state index contributed by atoms with van der Waals surface area (Å²) < 4.78 is 0. The van der Waals surface area contributed by atoms with Gasteiger partial charge in [-0.3, -0.25) is 4.90 Å². The number of nitrogens with zero attached hydrogens (tertiary/aromatic N) is 2. The minimum atomic E-state index is -0.0349. The summed E-state index contributed by atoms with van der Waals surface area (Å²) in [6, 6.07) is 2.43. The largest absolute Gasteiger partial charge is 0.390 e. The maximum absolute atomic E-state index is 9.30. The lowest BCUT2D eigenvalue weighted by Gasteiger charge is -2.47. The predicted molar refractivity (Wildman–Crippen MR) is 55.2 cm³/mol. The van der Waals surface area contributed by atoms with E-state index in [1.165, 1.54) is 25.7 Å². The molecule has 0 amide bonds. The average Bonchev–Trinajstić information content (AvgIpc) is 2.39. The third-order valence-electron chi connectivity index (χ3n) is 4.48. The second-order valence-corrected chi connectivity index (χ2v) is 5.28. The van der Waals surface area contributed by atoms with Crippen LogP contribution in [0.4, 0.5) is 0 Å². The molecule has 3 nitrogen and oxygen atoms in total. The van der Waals surface area contributed by atoms with E-state index in [9.17, 15) is 5.11 Å². The summed E-state index contributed by atoms with van der Waals surface area (Å²) in [5, 5.41) is 9.30. The summed E-state index contributed by atoms with van der Waals surface area (Å²) in [6.07, 6.45) is 5.42. The number of rotatable bonds is 1. The zero-order valence-corrected chi connectivity index (χ0v) is 8.89. The summed E-state index contributed by atoms with van der Waals surface area (Å²) in [5.74, 6) is 0. The minimum Gasteiger partial charge on any atom is -0.390 e. The standard InChI is InChI=1S/C11H20N2O/c1-12-8-2-3-9(12)5-10(4-8)13-6-11(14)7-13/h8-11,14H,2-7H2,1H3. The SMILES string of the molecule is CN1C2CCC1CC(N1CC(O)C1)C2. The van der Waals surface area contributed by atoms with Gasteiger partial charge in [0.1, 0.15) is 0 Å². The van der Waals surface area contributed by atoms with Crippen molar-refractivity contribution in [2.75, 3.05) is 20.1 Å². The van der Waals surface area contributed by atoms with E-state index in [1.807, 2.05) is 0 Å². The van der Waals surface area contributed by atoms with Gasteiger partial charge in [-0.2, -0.15) is 0 Å². The molecule has 2 bridgehead atoms. The Labute approximate surface area is 85.7 Å². The first-order valence-corrected chi connectivity index (χ1v) is 5.88. The highest BCUT2D eigenvalue weighted by atomic mass is 16.3. The fourth-order valence-electron chi connectivity index (χ4n) is 3.47. The van der Waals surface area contributed by atoms with E-state index < -0.39 is 0 Å². The van der Waals surface area contributed by atoms with Gasteiger partial charge in [0.25, 0.3) is 0 Å². The lowest BCUT2D eigenvalue weighted by Crippen LogP contribution is -2.59. The average molecular weight is 196 g/mol. The molecule has 1 N–H and O–H groups in total. The van der Waals surface area contributed by atoms with Gasteiger partial charge in [-0.05, 0) is 32.7 Å². The van der Waals surface area contributed by atoms with Crippen LogP contribution in [-0.2, 0) is 0 Å². The van der Waals surface area contributed by atoms with Gasteiger partial charge in [0.05, 0.1) is 6.10 Å². The van der Waals surface area contributed by atoms with Gasteiger partial charge in [0.2, 0.25) is 0 Å². The van der Waals surface area contributed by atoms with Crippen molar-refractivity contribution in [3.05, 3.63) is 0 Å². The summed E-state index contributed by atoms with van der Waals surface area (Å²) in [4.78, 5) is 5.05. The molecule has 3 fully saturated rings. The Kier molecular flexibility index (Phi) is 2.08. The normalized spacial score (nSPS) is 45.4. The van der Waals surface area contributed by atoms with Gasteiger partial charge in [-0.15, -0.1) is 0 Å². The van der Waals surface area contributed by atoms with Crippen molar-refractivity contribution in [3.63, 3.8) is 0 Å². The van der Waals surface area contributed by atoms with Crippen molar-refractivity contribution in [2.45, 2.75) is 49.9 Å². The van der Waals surface area contributed by atoms with Crippen LogP contribution < -0.4 is 0 Å². The van der Waals surface area contributed by atoms with Gasteiger partial charge in [-0.25, -0.2) is 0 Å². The molecule has 0 aromatic rings. The number of aliphatic hydroxyl groups is 1. The number of hydrogen-bond acceptors (Lipinski definition) is 3. The molecule has 0 radical (unpaired) electrons. The van der Waals surface area contributed by atoms with E-state index in [1.54, 1.807) is 0 Å². The van der Waals surface area contributed by atoms with E-state index in [2.05, 4.69) is 16.8 Å². The van der Waals surface area contributed by atoms with E-state index >= 15 is 0 Å². The van der Waals surface area contributed by atoms with Crippen molar-refractivity contribution < 1.29 is 5.11 Å². The van der Waals surface area contributed by atoms with Crippen LogP contribution in [0.5, 0.6) is 0 Å². The smallest absolute Gasteiger partial charge is 0.0794 e. The number of hydrogen-bond donors (Lipinski definition) is 1. The Morgan fingerprint density at radius 3 is 2.07 bits per heavy atom. The number of fused-ring (bicyclic) bond motifs is 2. The first-order chi connectivity index (χ1) is 6.74. The number of likely N-dealkylation sites (tertiary alicyclic amines) is 1. The molecule has 80 valence electrons. The molecule has 3 aliphatic rings. The molecule has 3 rings (SSSR count). The second-order valence-electron chi connectivity index (χ2n) is 5.28. The van der Waals surface area contributed by atoms with Crippen LogP contribution in [0.3, 0.4) is 0 Å². The Morgan fingerprint density at radius 1 is 1.00 bits per heavy atom. The summed E-state index contributed by atoms with van der Waals surface area (Å²) in [6.45, 7) is 1.85. The lowest BCUT2D eigenvalue weighted by atomic mass is 9.93. The second kappa shape index (κ2) is 3.19. The van der Waals surface area contributed by atoms with Crippen molar-refractivity contribution in [3.8, 4) is 0 Å². The molecular formula is C11H20N2O. The van der Waals surface area contributed by atoms with Crippen molar-refractivity contribution in [1.29, 1.82) is 0 Å². The number of aliphatic hydroxyl groups excluding tert-OH is 1. The van der Waals surface area contributed by atoms with Crippen molar-refractivity contribution >= 4 is 0 Å². The maximum Gasteiger partial charge on any atom is 0.0794 e. The van der Waals surface area contributed by atoms with Crippen LogP contribution in [0.1, 0.15) is 25.7 Å². The molecule has 0 aromatic carbocycles. The zero-order chi connectivity index (χ0) is 9.71. The van der Waals surface area contributed by atoms with Gasteiger partial charge in [0.15, 0.2) is 0 Å². The highest BCUT2D eigenvalue weighted by molar-refractivity contribution is 4.99. The molecule has 2 unspecified atom stereocenters. The highest BCUT2D eigenvalue weighted by Gasteiger charge is 2.42. The van der Waals surface area contributed by atoms with Crippen LogP contribution in [0.25, 0.3) is 0 Å². The summed E-state index contributed by atoms with van der Waals surface area (Å²) in [5.41, 5.74) is 0. The first kappa shape index (κ1) is 9.13. The predicted octanol–water partition coefficient (Wildman–Crippen LogP) is 0.288. The minimum absolute atomic E-state index is 0.0349. The van der Waals surface area contributed by atoms with Crippen LogP contribution in [0.15, 0.2) is 0 Å². The molecule has 3 saturated heterocycles. The lowest BCUT2D eigenvalue weighted by molar-refractivity contribution is -0.0476. The fourth-order valence-corrected chi connectivity index (χ4v) is 3.47. The Balaban J connectivity index is 1.63. The van der Waals surface area contributed by atoms with E-state index in [0.29, 0.717) is 0 Å². The Morgan fingerprint density at radius 2 is 1.57 bits per heavy atom. The zero-order valence-electron chi connectivity index (χ0n) is 8.89. The summed E-state index contributed by atoms with van der Waals surface area (Å²) >= 11 is 0. The number of β-amino-alcohol motifs (C(OH)–C–C–N with tert-alkyl or cyclic N) is 1. The quantitative estimate of drug-likeness (QED) is 0.653. The van der Waals surface area contributed by atoms with Gasteiger partial charge in [-0.1, -0.05) is 0 Å². The Hall–Kier alpha value is -0.120. The molecular weight excluding hydrogens is 176 g/mol. The number of piperidine rings is 1. The molecule has 0 aliphatic carbocycles. The van der Waals surface area contributed by atoms with Gasteiger partial charge in [0, 0.05) is 31.2 Å². The highest BCUT2D eigenvalue weighted by Crippen LogP contribution is 2.37. The molecule has 14 heavy (non-hydrogen) atoms. The van der Waals surface area contributed by atoms with Crippen LogP contribution >= 0.6 is 0 Å². The van der Waals surface area contributed by atoms with Crippen molar-refractivity contribution in [1.82, 2.24) is 9.80 Å². The van der Waals surface area contributed by atoms with Crippen LogP contribution in [0, 0.1) is 0 Å². The third kappa shape index (κ3) is 1.30. The molecule has 3 aliphatic heterocycles. The maximum atomic E-state index is 9.30. The van der Waals surface area contributed by atoms with Crippen LogP contribution in [-0.4, -0.2) is 59.3 Å². The molecule has 2 atom stereocenters. The molecule has 0 saturated carbocycles. The fraction of sp³-hybridized carbons (Fsp3) is 1.00. The topological polar surface area (TPSA) is 26.7 Å². The van der Waals surface area contributed by atoms with E-state index in [-0.39, 0.29) is 6.10 Å². The molecule has 3 heterocycles. The molecule has 3 heteroatoms. The molecule has 0 aromatic heterocycles.